The van der Waals surface area contributed by atoms with Crippen LogP contribution in [0.5, 0.6) is 0 Å². The Morgan fingerprint density at radius 3 is 2.41 bits per heavy atom. The van der Waals surface area contributed by atoms with Crippen molar-refractivity contribution < 1.29 is 0 Å². The van der Waals surface area contributed by atoms with Crippen molar-refractivity contribution in [2.45, 2.75) is 12.7 Å². The molecule has 2 N–H and O–H groups in total. The first kappa shape index (κ1) is 17.9. The monoisotopic (exact) mass is 396 g/mol. The molecule has 1 atom stereocenters. The number of para-hydroxylation sites is 3. The summed E-state index contributed by atoms with van der Waals surface area (Å²) in [5.41, 5.74) is 11.1. The van der Waals surface area contributed by atoms with Crippen LogP contribution in [-0.4, -0.2) is 22.0 Å². The van der Waals surface area contributed by atoms with Gasteiger partial charge in [-0.05, 0) is 30.3 Å². The third kappa shape index (κ3) is 2.73. The van der Waals surface area contributed by atoms with E-state index in [-0.39, 0.29) is 5.82 Å². The molecular weight excluding hydrogens is 379 g/mol. The maximum Gasteiger partial charge on any atom is 0.207 e. The molecule has 140 valence electrons. The van der Waals surface area contributed by atoms with Crippen molar-refractivity contribution >= 4 is 47.3 Å². The highest BCUT2D eigenvalue weighted by Crippen LogP contribution is 2.39. The fourth-order valence-electron chi connectivity index (χ4n) is 3.84. The molecule has 2 heterocycles. The molecule has 6 heteroatoms. The Labute approximate surface area is 174 Å². The maximum absolute atomic E-state index is 6.95. The Hall–Kier alpha value is -3.18. The van der Waals surface area contributed by atoms with Gasteiger partial charge >= 0.3 is 0 Å². The van der Waals surface area contributed by atoms with Gasteiger partial charge in [-0.3, -0.25) is 9.13 Å². The van der Waals surface area contributed by atoms with Gasteiger partial charge in [0, 0.05) is 11.1 Å². The zero-order valence-corrected chi connectivity index (χ0v) is 16.6. The van der Waals surface area contributed by atoms with Crippen LogP contribution in [0.4, 0.5) is 5.95 Å². The van der Waals surface area contributed by atoms with E-state index in [4.69, 9.17) is 25.2 Å². The van der Waals surface area contributed by atoms with Crippen molar-refractivity contribution in [3.8, 4) is 11.5 Å². The summed E-state index contributed by atoms with van der Waals surface area (Å²) in [7, 11) is 6.15. The Bertz CT molecular complexity index is 1350. The van der Waals surface area contributed by atoms with E-state index >= 15 is 0 Å². The zero-order chi connectivity index (χ0) is 20.1. The van der Waals surface area contributed by atoms with Crippen molar-refractivity contribution in [2.75, 3.05) is 5.73 Å². The third-order valence-electron chi connectivity index (χ3n) is 5.25. The maximum atomic E-state index is 6.95. The zero-order valence-electron chi connectivity index (χ0n) is 15.9. The molecule has 0 aliphatic heterocycles. The fraction of sp³-hybridized carbons (Fsp3) is 0.0870. The number of nitrogens with two attached hydrogens (primary N) is 1. The minimum absolute atomic E-state index is 0.0834. The van der Waals surface area contributed by atoms with Crippen LogP contribution in [-0.2, 0) is 0 Å². The number of rotatable bonds is 3. The molecule has 0 aliphatic carbocycles. The van der Waals surface area contributed by atoms with Crippen LogP contribution in [0.3, 0.4) is 0 Å². The smallest absolute Gasteiger partial charge is 0.207 e. The standard InChI is InChI=1S/C23H18BClN4/c1-14(24)15-11-12-17-20(13-15)28(16-7-3-2-4-8-16)22(21(17)25)29-19-10-6-5-9-18(19)27-23(29)26/h2-14H,1H3,(H2,26,27). The molecule has 0 saturated heterocycles. The predicted octanol–water partition coefficient (Wildman–Crippen LogP) is 5.43. The number of fused-ring (bicyclic) bond motifs is 2. The molecule has 0 fully saturated rings. The first-order valence-electron chi connectivity index (χ1n) is 9.44. The molecule has 4 nitrogen and oxygen atoms in total. The molecule has 2 aromatic heterocycles. The summed E-state index contributed by atoms with van der Waals surface area (Å²) in [6.45, 7) is 1.97. The molecule has 29 heavy (non-hydrogen) atoms. The Kier molecular flexibility index (Phi) is 4.14. The van der Waals surface area contributed by atoms with E-state index in [0.29, 0.717) is 11.0 Å². The number of halogens is 1. The lowest BCUT2D eigenvalue weighted by Gasteiger charge is -2.14. The average molecular weight is 397 g/mol. The van der Waals surface area contributed by atoms with E-state index in [2.05, 4.69) is 15.6 Å². The van der Waals surface area contributed by atoms with Crippen LogP contribution in [0, 0.1) is 0 Å². The van der Waals surface area contributed by atoms with Crippen molar-refractivity contribution in [2.24, 2.45) is 0 Å². The summed E-state index contributed by atoms with van der Waals surface area (Å²) in [4.78, 5) is 4.53. The molecule has 0 bridgehead atoms. The molecule has 0 aliphatic rings. The first-order chi connectivity index (χ1) is 14.1. The van der Waals surface area contributed by atoms with Crippen molar-refractivity contribution in [3.63, 3.8) is 0 Å². The van der Waals surface area contributed by atoms with Crippen LogP contribution in [0.15, 0.2) is 72.8 Å². The fourth-order valence-corrected chi connectivity index (χ4v) is 4.17. The SMILES string of the molecule is [B]C(C)c1ccc2c(Cl)c(-n3c(N)nc4ccccc43)n(-c3ccccc3)c2c1. The Balaban J connectivity index is 1.95. The molecule has 5 aromatic rings. The normalized spacial score (nSPS) is 12.6. The van der Waals surface area contributed by atoms with Gasteiger partial charge in [-0.2, -0.15) is 0 Å². The summed E-state index contributed by atoms with van der Waals surface area (Å²) >= 11 is 6.95. The van der Waals surface area contributed by atoms with Gasteiger partial charge in [-0.15, -0.1) is 0 Å². The van der Waals surface area contributed by atoms with E-state index in [1.165, 1.54) is 0 Å². The summed E-state index contributed by atoms with van der Waals surface area (Å²) in [5, 5.41) is 1.56. The van der Waals surface area contributed by atoms with Gasteiger partial charge in [0.1, 0.15) is 5.82 Å². The van der Waals surface area contributed by atoms with Crippen molar-refractivity contribution in [1.29, 1.82) is 0 Å². The number of anilines is 1. The van der Waals surface area contributed by atoms with Crippen LogP contribution in [0.1, 0.15) is 18.3 Å². The van der Waals surface area contributed by atoms with Crippen LogP contribution < -0.4 is 5.73 Å². The molecule has 0 amide bonds. The molecule has 0 spiro atoms. The Morgan fingerprint density at radius 1 is 0.931 bits per heavy atom. The van der Waals surface area contributed by atoms with Crippen molar-refractivity contribution in [1.82, 2.24) is 14.1 Å². The largest absolute Gasteiger partial charge is 0.369 e. The van der Waals surface area contributed by atoms with E-state index in [0.717, 1.165) is 39.0 Å². The molecule has 3 aromatic carbocycles. The molecular formula is C23H18BClN4. The molecule has 0 saturated carbocycles. The summed E-state index contributed by atoms with van der Waals surface area (Å²) in [6, 6.07) is 24.1. The highest BCUT2D eigenvalue weighted by Gasteiger charge is 2.22. The van der Waals surface area contributed by atoms with Gasteiger partial charge in [0.2, 0.25) is 5.95 Å². The summed E-state index contributed by atoms with van der Waals surface area (Å²) in [5.74, 6) is 1.07. The van der Waals surface area contributed by atoms with Crippen LogP contribution >= 0.6 is 11.6 Å². The minimum atomic E-state index is -0.0834. The Morgan fingerprint density at radius 2 is 1.66 bits per heavy atom. The third-order valence-corrected chi connectivity index (χ3v) is 5.62. The highest BCUT2D eigenvalue weighted by molar-refractivity contribution is 6.38. The van der Waals surface area contributed by atoms with Gasteiger partial charge in [-0.25, -0.2) is 4.98 Å². The van der Waals surface area contributed by atoms with Gasteiger partial charge < -0.3 is 5.73 Å². The number of nitrogens with zero attached hydrogens (tertiary/aromatic N) is 3. The van der Waals surface area contributed by atoms with Gasteiger partial charge in [-0.1, -0.05) is 72.4 Å². The van der Waals surface area contributed by atoms with Gasteiger partial charge in [0.05, 0.1) is 29.4 Å². The highest BCUT2D eigenvalue weighted by atomic mass is 35.5. The van der Waals surface area contributed by atoms with Gasteiger partial charge in [0.25, 0.3) is 0 Å². The lowest BCUT2D eigenvalue weighted by atomic mass is 9.83. The summed E-state index contributed by atoms with van der Waals surface area (Å²) in [6.07, 6.45) is 0. The lowest BCUT2D eigenvalue weighted by Crippen LogP contribution is -2.07. The second-order valence-electron chi connectivity index (χ2n) is 7.17. The second kappa shape index (κ2) is 6.71. The van der Waals surface area contributed by atoms with Crippen LogP contribution in [0.2, 0.25) is 5.02 Å². The van der Waals surface area contributed by atoms with Gasteiger partial charge in [0.15, 0.2) is 0 Å². The molecule has 5 rings (SSSR count). The molecule has 2 radical (unpaired) electrons. The van der Waals surface area contributed by atoms with E-state index in [9.17, 15) is 0 Å². The lowest BCUT2D eigenvalue weighted by molar-refractivity contribution is 0.973. The summed E-state index contributed by atoms with van der Waals surface area (Å²) < 4.78 is 4.03. The van der Waals surface area contributed by atoms with Crippen molar-refractivity contribution in [3.05, 3.63) is 83.4 Å². The number of hydrogen-bond acceptors (Lipinski definition) is 2. The number of aromatic nitrogens is 3. The number of benzene rings is 3. The van der Waals surface area contributed by atoms with E-state index in [1.54, 1.807) is 0 Å². The van der Waals surface area contributed by atoms with Crippen LogP contribution in [0.25, 0.3) is 33.4 Å². The second-order valence-corrected chi connectivity index (χ2v) is 7.55. The molecule has 1 unspecified atom stereocenters. The average Bonchev–Trinajstić information content (AvgIpc) is 3.21. The first-order valence-corrected chi connectivity index (χ1v) is 9.82. The number of hydrogen-bond donors (Lipinski definition) is 1. The van der Waals surface area contributed by atoms with E-state index in [1.807, 2.05) is 78.2 Å². The number of nitrogen functional groups attached to an aromatic ring is 1. The number of imidazole rings is 1. The quantitative estimate of drug-likeness (QED) is 0.413. The predicted molar refractivity (Wildman–Crippen MR) is 121 cm³/mol. The minimum Gasteiger partial charge on any atom is -0.369 e. The van der Waals surface area contributed by atoms with E-state index < -0.39 is 0 Å². The topological polar surface area (TPSA) is 48.8 Å².